The summed E-state index contributed by atoms with van der Waals surface area (Å²) in [5.74, 6) is 0.451. The van der Waals surface area contributed by atoms with Crippen molar-refractivity contribution in [3.63, 3.8) is 0 Å². The lowest BCUT2D eigenvalue weighted by Crippen LogP contribution is -2.45. The van der Waals surface area contributed by atoms with Crippen LogP contribution in [-0.4, -0.2) is 24.0 Å². The molecule has 1 rings (SSSR count). The molecule has 4 N–H and O–H groups in total. The van der Waals surface area contributed by atoms with Crippen LogP contribution in [-0.2, 0) is 0 Å². The van der Waals surface area contributed by atoms with Crippen LogP contribution in [0.15, 0.2) is 18.2 Å². The van der Waals surface area contributed by atoms with Crippen LogP contribution in [0.3, 0.4) is 0 Å². The first-order valence-corrected chi connectivity index (χ1v) is 7.55. The number of nitrogens with one attached hydrogen (secondary N) is 2. The Hall–Kier alpha value is -0.970. The molecule has 0 saturated heterocycles. The van der Waals surface area contributed by atoms with Gasteiger partial charge in [-0.15, -0.1) is 24.8 Å². The van der Waals surface area contributed by atoms with Crippen molar-refractivity contribution in [2.24, 2.45) is 11.7 Å². The highest BCUT2D eigenvalue weighted by atomic mass is 35.5. The quantitative estimate of drug-likeness (QED) is 0.720. The van der Waals surface area contributed by atoms with E-state index >= 15 is 0 Å². The molecule has 6 heteroatoms. The largest absolute Gasteiger partial charge is 0.382 e. The average molecular weight is 364 g/mol. The van der Waals surface area contributed by atoms with E-state index in [1.54, 1.807) is 0 Å². The summed E-state index contributed by atoms with van der Waals surface area (Å²) in [4.78, 5) is 12.3. The van der Waals surface area contributed by atoms with Crippen LogP contribution >= 0.6 is 24.8 Å². The van der Waals surface area contributed by atoms with Crippen LogP contribution < -0.4 is 16.4 Å². The van der Waals surface area contributed by atoms with Gasteiger partial charge in [0.25, 0.3) is 5.91 Å². The second-order valence-corrected chi connectivity index (χ2v) is 6.83. The van der Waals surface area contributed by atoms with Gasteiger partial charge < -0.3 is 16.4 Å². The van der Waals surface area contributed by atoms with Crippen LogP contribution in [0.2, 0.25) is 0 Å². The molecule has 23 heavy (non-hydrogen) atoms. The molecule has 0 radical (unpaired) electrons. The molecule has 0 spiro atoms. The maximum Gasteiger partial charge on any atom is 0.251 e. The van der Waals surface area contributed by atoms with Gasteiger partial charge in [-0.25, -0.2) is 0 Å². The standard InChI is InChI=1S/C17H29N3O.2ClH/c1-11(2)13(4)20-15-9-7-8-14(12(15)3)16(21)19-10-17(5,6)18;;/h7-9,11,13,20H,10,18H2,1-6H3,(H,19,21);2*1H. The summed E-state index contributed by atoms with van der Waals surface area (Å²) in [6.45, 7) is 12.7. The van der Waals surface area contributed by atoms with Crippen molar-refractivity contribution >= 4 is 36.4 Å². The first kappa shape index (κ1) is 24.3. The molecule has 4 nitrogen and oxygen atoms in total. The van der Waals surface area contributed by atoms with Crippen molar-refractivity contribution in [3.8, 4) is 0 Å². The Morgan fingerprint density at radius 1 is 1.22 bits per heavy atom. The van der Waals surface area contributed by atoms with E-state index in [2.05, 4.69) is 31.4 Å². The molecular formula is C17H31Cl2N3O. The minimum atomic E-state index is -0.411. The smallest absolute Gasteiger partial charge is 0.251 e. The summed E-state index contributed by atoms with van der Waals surface area (Å²) in [6.07, 6.45) is 0. The zero-order valence-corrected chi connectivity index (χ0v) is 16.5. The fourth-order valence-electron chi connectivity index (χ4n) is 1.85. The van der Waals surface area contributed by atoms with E-state index in [4.69, 9.17) is 5.73 Å². The Balaban J connectivity index is 0. The van der Waals surface area contributed by atoms with Crippen molar-refractivity contribution < 1.29 is 4.79 Å². The number of carbonyl (C=O) groups excluding carboxylic acids is 1. The van der Waals surface area contributed by atoms with Gasteiger partial charge >= 0.3 is 0 Å². The van der Waals surface area contributed by atoms with E-state index in [0.717, 1.165) is 11.3 Å². The van der Waals surface area contributed by atoms with Crippen LogP contribution in [0.1, 0.15) is 50.5 Å². The molecule has 0 aliphatic heterocycles. The van der Waals surface area contributed by atoms with Gasteiger partial charge in [0.05, 0.1) is 0 Å². The number of anilines is 1. The molecule has 0 saturated carbocycles. The highest BCUT2D eigenvalue weighted by Gasteiger charge is 2.16. The van der Waals surface area contributed by atoms with E-state index < -0.39 is 5.54 Å². The van der Waals surface area contributed by atoms with E-state index in [9.17, 15) is 4.79 Å². The van der Waals surface area contributed by atoms with Gasteiger partial charge in [0.2, 0.25) is 0 Å². The lowest BCUT2D eigenvalue weighted by molar-refractivity contribution is 0.0945. The molecule has 1 aromatic rings. The van der Waals surface area contributed by atoms with Gasteiger partial charge in [0.15, 0.2) is 0 Å². The Morgan fingerprint density at radius 2 is 1.78 bits per heavy atom. The Labute approximate surface area is 152 Å². The molecular weight excluding hydrogens is 333 g/mol. The minimum Gasteiger partial charge on any atom is -0.382 e. The lowest BCUT2D eigenvalue weighted by Gasteiger charge is -2.22. The first-order chi connectivity index (χ1) is 9.61. The lowest BCUT2D eigenvalue weighted by atomic mass is 10.0. The van der Waals surface area contributed by atoms with E-state index in [1.807, 2.05) is 39.0 Å². The van der Waals surface area contributed by atoms with Gasteiger partial charge in [0.1, 0.15) is 0 Å². The molecule has 0 bridgehead atoms. The molecule has 1 amide bonds. The number of amides is 1. The van der Waals surface area contributed by atoms with E-state index in [0.29, 0.717) is 24.1 Å². The van der Waals surface area contributed by atoms with Crippen LogP contribution in [0, 0.1) is 12.8 Å². The van der Waals surface area contributed by atoms with Crippen molar-refractivity contribution in [2.75, 3.05) is 11.9 Å². The molecule has 1 aromatic carbocycles. The van der Waals surface area contributed by atoms with Crippen LogP contribution in [0.4, 0.5) is 5.69 Å². The predicted molar refractivity (Wildman–Crippen MR) is 104 cm³/mol. The number of hydrogen-bond donors (Lipinski definition) is 3. The summed E-state index contributed by atoms with van der Waals surface area (Å²) in [7, 11) is 0. The number of hydrogen-bond acceptors (Lipinski definition) is 3. The monoisotopic (exact) mass is 363 g/mol. The molecule has 1 atom stereocenters. The number of benzene rings is 1. The van der Waals surface area contributed by atoms with Crippen LogP contribution in [0.5, 0.6) is 0 Å². The van der Waals surface area contributed by atoms with E-state index in [-0.39, 0.29) is 30.7 Å². The fourth-order valence-corrected chi connectivity index (χ4v) is 1.85. The Kier molecular flexibility index (Phi) is 10.6. The van der Waals surface area contributed by atoms with Gasteiger partial charge in [0, 0.05) is 29.4 Å². The van der Waals surface area contributed by atoms with Gasteiger partial charge in [-0.3, -0.25) is 4.79 Å². The summed E-state index contributed by atoms with van der Waals surface area (Å²) in [5.41, 5.74) is 8.17. The van der Waals surface area contributed by atoms with Crippen molar-refractivity contribution in [1.29, 1.82) is 0 Å². The molecule has 0 heterocycles. The highest BCUT2D eigenvalue weighted by Crippen LogP contribution is 2.21. The van der Waals surface area contributed by atoms with Gasteiger partial charge in [-0.05, 0) is 51.3 Å². The predicted octanol–water partition coefficient (Wildman–Crippen LogP) is 3.76. The summed E-state index contributed by atoms with van der Waals surface area (Å²) < 4.78 is 0. The second kappa shape index (κ2) is 10.0. The normalized spacial score (nSPS) is 12.0. The summed E-state index contributed by atoms with van der Waals surface area (Å²) in [5, 5.41) is 6.36. The maximum atomic E-state index is 12.3. The van der Waals surface area contributed by atoms with Crippen molar-refractivity contribution in [1.82, 2.24) is 5.32 Å². The van der Waals surface area contributed by atoms with Crippen LogP contribution in [0.25, 0.3) is 0 Å². The fraction of sp³-hybridized carbons (Fsp3) is 0.588. The average Bonchev–Trinajstić information content (AvgIpc) is 2.37. The molecule has 0 aliphatic carbocycles. The molecule has 0 fully saturated rings. The van der Waals surface area contributed by atoms with Gasteiger partial charge in [-0.2, -0.15) is 0 Å². The molecule has 0 aromatic heterocycles. The Morgan fingerprint density at radius 3 is 2.26 bits per heavy atom. The Bertz CT molecular complexity index is 499. The minimum absolute atomic E-state index is 0. The van der Waals surface area contributed by atoms with Crippen molar-refractivity contribution in [2.45, 2.75) is 53.1 Å². The second-order valence-electron chi connectivity index (χ2n) is 6.83. The maximum absolute atomic E-state index is 12.3. The summed E-state index contributed by atoms with van der Waals surface area (Å²) >= 11 is 0. The first-order valence-electron chi connectivity index (χ1n) is 7.55. The summed E-state index contributed by atoms with van der Waals surface area (Å²) in [6, 6.07) is 6.12. The third-order valence-electron chi connectivity index (χ3n) is 3.67. The topological polar surface area (TPSA) is 67.2 Å². The molecule has 0 aliphatic rings. The highest BCUT2D eigenvalue weighted by molar-refractivity contribution is 5.97. The third kappa shape index (κ3) is 7.91. The number of halogens is 2. The van der Waals surface area contributed by atoms with E-state index in [1.165, 1.54) is 0 Å². The zero-order valence-electron chi connectivity index (χ0n) is 14.9. The molecule has 1 unspecified atom stereocenters. The number of carbonyl (C=O) groups is 1. The third-order valence-corrected chi connectivity index (χ3v) is 3.67. The number of nitrogens with two attached hydrogens (primary N) is 1. The SMILES string of the molecule is Cc1c(NC(C)C(C)C)cccc1C(=O)NCC(C)(C)N.Cl.Cl. The van der Waals surface area contributed by atoms with Gasteiger partial charge in [-0.1, -0.05) is 19.9 Å². The zero-order chi connectivity index (χ0) is 16.2. The van der Waals surface area contributed by atoms with Crippen molar-refractivity contribution in [3.05, 3.63) is 29.3 Å². The molecule has 134 valence electrons. The number of rotatable bonds is 6.